The van der Waals surface area contributed by atoms with E-state index >= 15 is 0 Å². The van der Waals surface area contributed by atoms with Crippen molar-refractivity contribution in [2.24, 2.45) is 0 Å². The second kappa shape index (κ2) is 6.71. The van der Waals surface area contributed by atoms with Gasteiger partial charge in [-0.2, -0.15) is 0 Å². The lowest BCUT2D eigenvalue weighted by Crippen LogP contribution is -2.42. The van der Waals surface area contributed by atoms with Crippen LogP contribution in [0.2, 0.25) is 0 Å². The fraction of sp³-hybridized carbons (Fsp3) is 0.667. The van der Waals surface area contributed by atoms with Gasteiger partial charge in [0.1, 0.15) is 5.82 Å². The first-order valence-electron chi connectivity index (χ1n) is 6.89. The Morgan fingerprint density at radius 2 is 2.05 bits per heavy atom. The smallest absolute Gasteiger partial charge is 0.133 e. The first kappa shape index (κ1) is 16.4. The summed E-state index contributed by atoms with van der Waals surface area (Å²) in [5, 5.41) is 3.47. The Balaban J connectivity index is 3.05. The number of halogens is 1. The van der Waals surface area contributed by atoms with E-state index in [1.165, 1.54) is 5.56 Å². The third kappa shape index (κ3) is 4.46. The Bertz CT molecular complexity index is 416. The molecule has 1 N–H and O–H groups in total. The van der Waals surface area contributed by atoms with Crippen LogP contribution in [0.5, 0.6) is 0 Å². The van der Waals surface area contributed by atoms with Crippen molar-refractivity contribution < 1.29 is 0 Å². The predicted octanol–water partition coefficient (Wildman–Crippen LogP) is 3.97. The summed E-state index contributed by atoms with van der Waals surface area (Å²) in [7, 11) is 2.12. The molecule has 0 unspecified atom stereocenters. The summed E-state index contributed by atoms with van der Waals surface area (Å²) < 4.78 is 1.03. The topological polar surface area (TPSA) is 28.2 Å². The first-order chi connectivity index (χ1) is 8.77. The Hall–Kier alpha value is -0.610. The maximum absolute atomic E-state index is 4.61. The van der Waals surface area contributed by atoms with Crippen molar-refractivity contribution in [1.29, 1.82) is 0 Å². The Morgan fingerprint density at radius 3 is 2.58 bits per heavy atom. The summed E-state index contributed by atoms with van der Waals surface area (Å²) in [4.78, 5) is 6.88. The summed E-state index contributed by atoms with van der Waals surface area (Å²) in [6.07, 6.45) is 2.95. The monoisotopic (exact) mass is 327 g/mol. The van der Waals surface area contributed by atoms with Crippen molar-refractivity contribution in [3.63, 3.8) is 0 Å². The molecule has 1 heterocycles. The lowest BCUT2D eigenvalue weighted by molar-refractivity contribution is 0.464. The molecule has 108 valence electrons. The van der Waals surface area contributed by atoms with Crippen LogP contribution in [-0.2, 0) is 6.54 Å². The first-order valence-corrected chi connectivity index (χ1v) is 7.69. The number of hydrogen-bond acceptors (Lipinski definition) is 3. The highest BCUT2D eigenvalue weighted by Crippen LogP contribution is 2.27. The summed E-state index contributed by atoms with van der Waals surface area (Å²) in [5.74, 6) is 1.06. The molecule has 19 heavy (non-hydrogen) atoms. The van der Waals surface area contributed by atoms with Crippen LogP contribution < -0.4 is 10.2 Å². The SMILES string of the molecule is CCC(C)(C)N(C)c1ncc(Br)cc1CNC(C)C. The van der Waals surface area contributed by atoms with E-state index in [9.17, 15) is 0 Å². The van der Waals surface area contributed by atoms with E-state index in [0.29, 0.717) is 6.04 Å². The van der Waals surface area contributed by atoms with Crippen LogP contribution in [0.1, 0.15) is 46.6 Å². The number of rotatable bonds is 6. The number of aromatic nitrogens is 1. The zero-order valence-corrected chi connectivity index (χ0v) is 14.5. The van der Waals surface area contributed by atoms with Gasteiger partial charge in [0, 0.05) is 41.4 Å². The number of nitrogens with zero attached hydrogens (tertiary/aromatic N) is 2. The fourth-order valence-corrected chi connectivity index (χ4v) is 2.12. The maximum Gasteiger partial charge on any atom is 0.133 e. The lowest BCUT2D eigenvalue weighted by Gasteiger charge is -2.37. The van der Waals surface area contributed by atoms with Gasteiger partial charge in [-0.1, -0.05) is 20.8 Å². The van der Waals surface area contributed by atoms with Crippen LogP contribution >= 0.6 is 15.9 Å². The number of pyridine rings is 1. The van der Waals surface area contributed by atoms with E-state index in [1.54, 1.807) is 0 Å². The molecule has 1 aromatic heterocycles. The minimum atomic E-state index is 0.105. The molecule has 0 fully saturated rings. The third-order valence-electron chi connectivity index (χ3n) is 3.70. The molecule has 0 amide bonds. The molecule has 4 heteroatoms. The second-order valence-corrected chi connectivity index (χ2v) is 6.81. The summed E-state index contributed by atoms with van der Waals surface area (Å²) in [6, 6.07) is 2.62. The van der Waals surface area contributed by atoms with E-state index in [1.807, 2.05) is 6.20 Å². The van der Waals surface area contributed by atoms with Crippen molar-refractivity contribution in [3.8, 4) is 0 Å². The van der Waals surface area contributed by atoms with Crippen molar-refractivity contribution >= 4 is 21.7 Å². The molecule has 0 aliphatic heterocycles. The largest absolute Gasteiger partial charge is 0.354 e. The molecule has 0 aliphatic carbocycles. The van der Waals surface area contributed by atoms with Crippen molar-refractivity contribution in [2.45, 2.75) is 59.2 Å². The molecule has 0 saturated carbocycles. The van der Waals surface area contributed by atoms with Gasteiger partial charge in [-0.15, -0.1) is 0 Å². The molecule has 0 bridgehead atoms. The number of nitrogens with one attached hydrogen (secondary N) is 1. The quantitative estimate of drug-likeness (QED) is 0.856. The van der Waals surface area contributed by atoms with E-state index in [2.05, 4.69) is 78.9 Å². The van der Waals surface area contributed by atoms with Crippen LogP contribution in [-0.4, -0.2) is 23.6 Å². The van der Waals surface area contributed by atoms with E-state index < -0.39 is 0 Å². The van der Waals surface area contributed by atoms with Gasteiger partial charge in [-0.25, -0.2) is 4.98 Å². The summed E-state index contributed by atoms with van der Waals surface area (Å²) >= 11 is 3.51. The Labute approximate surface area is 125 Å². The average molecular weight is 328 g/mol. The van der Waals surface area contributed by atoms with Gasteiger partial charge in [0.2, 0.25) is 0 Å². The highest BCUT2D eigenvalue weighted by molar-refractivity contribution is 9.10. The van der Waals surface area contributed by atoms with Crippen molar-refractivity contribution in [3.05, 3.63) is 22.3 Å². The molecular weight excluding hydrogens is 302 g/mol. The Kier molecular flexibility index (Phi) is 5.81. The van der Waals surface area contributed by atoms with Gasteiger partial charge >= 0.3 is 0 Å². The molecule has 1 aromatic rings. The molecule has 1 rings (SSSR count). The summed E-state index contributed by atoms with van der Waals surface area (Å²) in [6.45, 7) is 11.9. The zero-order valence-electron chi connectivity index (χ0n) is 12.9. The van der Waals surface area contributed by atoms with Crippen LogP contribution in [0.3, 0.4) is 0 Å². The predicted molar refractivity (Wildman–Crippen MR) is 86.7 cm³/mol. The molecule has 0 radical (unpaired) electrons. The van der Waals surface area contributed by atoms with Crippen molar-refractivity contribution in [1.82, 2.24) is 10.3 Å². The molecular formula is C15H26BrN3. The lowest BCUT2D eigenvalue weighted by atomic mass is 9.99. The van der Waals surface area contributed by atoms with Gasteiger partial charge in [-0.3, -0.25) is 0 Å². The van der Waals surface area contributed by atoms with Crippen LogP contribution in [0.25, 0.3) is 0 Å². The fourth-order valence-electron chi connectivity index (χ4n) is 1.74. The molecule has 0 aliphatic rings. The van der Waals surface area contributed by atoms with Gasteiger partial charge in [-0.05, 0) is 42.3 Å². The van der Waals surface area contributed by atoms with Crippen LogP contribution in [0, 0.1) is 0 Å². The third-order valence-corrected chi connectivity index (χ3v) is 4.13. The molecule has 0 spiro atoms. The average Bonchev–Trinajstić information content (AvgIpc) is 2.35. The number of anilines is 1. The maximum atomic E-state index is 4.61. The standard InChI is InChI=1S/C15H26BrN3/c1-7-15(4,5)19(6)14-12(9-17-11(2)3)8-13(16)10-18-14/h8,10-11,17H,7,9H2,1-6H3. The minimum absolute atomic E-state index is 0.105. The zero-order chi connectivity index (χ0) is 14.6. The van der Waals surface area contributed by atoms with E-state index in [-0.39, 0.29) is 5.54 Å². The highest BCUT2D eigenvalue weighted by atomic mass is 79.9. The molecule has 0 atom stereocenters. The van der Waals surface area contributed by atoms with Gasteiger partial charge in [0.05, 0.1) is 0 Å². The Morgan fingerprint density at radius 1 is 1.42 bits per heavy atom. The second-order valence-electron chi connectivity index (χ2n) is 5.90. The van der Waals surface area contributed by atoms with Gasteiger partial charge in [0.15, 0.2) is 0 Å². The highest BCUT2D eigenvalue weighted by Gasteiger charge is 2.24. The summed E-state index contributed by atoms with van der Waals surface area (Å²) in [5.41, 5.74) is 1.33. The molecule has 0 aromatic carbocycles. The van der Waals surface area contributed by atoms with E-state index in [0.717, 1.165) is 23.3 Å². The number of hydrogen-bond donors (Lipinski definition) is 1. The van der Waals surface area contributed by atoms with Gasteiger partial charge in [0.25, 0.3) is 0 Å². The van der Waals surface area contributed by atoms with Crippen LogP contribution in [0.4, 0.5) is 5.82 Å². The van der Waals surface area contributed by atoms with Crippen molar-refractivity contribution in [2.75, 3.05) is 11.9 Å². The normalized spacial score (nSPS) is 12.0. The van der Waals surface area contributed by atoms with E-state index in [4.69, 9.17) is 0 Å². The molecule has 0 saturated heterocycles. The molecule has 3 nitrogen and oxygen atoms in total. The van der Waals surface area contributed by atoms with Crippen LogP contribution in [0.15, 0.2) is 16.7 Å². The minimum Gasteiger partial charge on any atom is -0.354 e. The van der Waals surface area contributed by atoms with Gasteiger partial charge < -0.3 is 10.2 Å².